The lowest BCUT2D eigenvalue weighted by Crippen LogP contribution is -2.12. The fraction of sp³-hybridized carbons (Fsp3) is 0.333. The number of alkyl halides is 2. The van der Waals surface area contributed by atoms with Crippen molar-refractivity contribution in [3.05, 3.63) is 29.1 Å². The number of carbonyl (C=O) groups excluding carboxylic acids is 1. The predicted molar refractivity (Wildman–Crippen MR) is 44.8 cm³/mol. The zero-order valence-corrected chi connectivity index (χ0v) is 8.14. The monoisotopic (exact) mass is 237 g/mol. The van der Waals surface area contributed by atoms with E-state index in [4.69, 9.17) is 0 Å². The molecule has 0 amide bonds. The first kappa shape index (κ1) is 12.4. The van der Waals surface area contributed by atoms with E-state index in [9.17, 15) is 22.4 Å². The summed E-state index contributed by atoms with van der Waals surface area (Å²) >= 11 is 0. The Labute approximate surface area is 88.0 Å². The van der Waals surface area contributed by atoms with Crippen LogP contribution in [0, 0.1) is 11.6 Å². The van der Waals surface area contributed by atoms with Gasteiger partial charge in [-0.25, -0.2) is 17.6 Å². The minimum atomic E-state index is -3.09. The molecule has 0 aliphatic carbocycles. The standard InChI is InChI=1S/C9H7F4NO2/c1-16-6(15)2-4-7(11)5(10)3-14-8(4)9(12)13/h3,9H,2H2,1H3. The van der Waals surface area contributed by atoms with Crippen molar-refractivity contribution in [2.75, 3.05) is 7.11 Å². The van der Waals surface area contributed by atoms with Crippen LogP contribution in [-0.2, 0) is 16.0 Å². The molecule has 0 saturated heterocycles. The number of carbonyl (C=O) groups is 1. The van der Waals surface area contributed by atoms with Crippen molar-refractivity contribution >= 4 is 5.97 Å². The van der Waals surface area contributed by atoms with Crippen molar-refractivity contribution in [2.45, 2.75) is 12.8 Å². The molecule has 0 aliphatic heterocycles. The Balaban J connectivity index is 3.20. The van der Waals surface area contributed by atoms with Gasteiger partial charge in [0.15, 0.2) is 11.6 Å². The molecular formula is C9H7F4NO2. The lowest BCUT2D eigenvalue weighted by molar-refractivity contribution is -0.139. The number of pyridine rings is 1. The highest BCUT2D eigenvalue weighted by molar-refractivity contribution is 5.72. The van der Waals surface area contributed by atoms with E-state index < -0.39 is 41.7 Å². The van der Waals surface area contributed by atoms with E-state index in [-0.39, 0.29) is 0 Å². The first-order chi connectivity index (χ1) is 7.47. The van der Waals surface area contributed by atoms with E-state index in [1.165, 1.54) is 0 Å². The van der Waals surface area contributed by atoms with E-state index >= 15 is 0 Å². The Hall–Kier alpha value is -1.66. The van der Waals surface area contributed by atoms with E-state index in [2.05, 4.69) is 9.72 Å². The number of nitrogens with zero attached hydrogens (tertiary/aromatic N) is 1. The molecule has 0 aliphatic rings. The van der Waals surface area contributed by atoms with E-state index in [1.807, 2.05) is 0 Å². The molecular weight excluding hydrogens is 230 g/mol. The van der Waals surface area contributed by atoms with Crippen LogP contribution in [0.25, 0.3) is 0 Å². The molecule has 0 N–H and O–H groups in total. The van der Waals surface area contributed by atoms with Gasteiger partial charge in [-0.1, -0.05) is 0 Å². The van der Waals surface area contributed by atoms with Crippen molar-refractivity contribution in [3.8, 4) is 0 Å². The van der Waals surface area contributed by atoms with Crippen LogP contribution in [-0.4, -0.2) is 18.1 Å². The maximum Gasteiger partial charge on any atom is 0.310 e. The van der Waals surface area contributed by atoms with E-state index in [0.717, 1.165) is 7.11 Å². The molecule has 0 fully saturated rings. The Kier molecular flexibility index (Phi) is 3.81. The Morgan fingerprint density at radius 3 is 2.62 bits per heavy atom. The summed E-state index contributed by atoms with van der Waals surface area (Å²) in [5.41, 5.74) is -1.73. The summed E-state index contributed by atoms with van der Waals surface area (Å²) in [6.07, 6.45) is -3.53. The number of halogens is 4. The highest BCUT2D eigenvalue weighted by Crippen LogP contribution is 2.24. The summed E-state index contributed by atoms with van der Waals surface area (Å²) in [4.78, 5) is 13.9. The third kappa shape index (κ3) is 2.47. The number of hydrogen-bond acceptors (Lipinski definition) is 3. The van der Waals surface area contributed by atoms with Crippen molar-refractivity contribution in [3.63, 3.8) is 0 Å². The lowest BCUT2D eigenvalue weighted by Gasteiger charge is -2.08. The van der Waals surface area contributed by atoms with Crippen molar-refractivity contribution in [2.24, 2.45) is 0 Å². The van der Waals surface area contributed by atoms with Gasteiger partial charge in [0.2, 0.25) is 0 Å². The molecule has 88 valence electrons. The first-order valence-electron chi connectivity index (χ1n) is 4.15. The van der Waals surface area contributed by atoms with Crippen LogP contribution in [0.15, 0.2) is 6.20 Å². The molecule has 1 aromatic heterocycles. The van der Waals surface area contributed by atoms with Crippen LogP contribution in [0.3, 0.4) is 0 Å². The van der Waals surface area contributed by atoms with Crippen LogP contribution in [0.4, 0.5) is 17.6 Å². The zero-order valence-electron chi connectivity index (χ0n) is 8.14. The molecule has 0 bridgehead atoms. The lowest BCUT2D eigenvalue weighted by atomic mass is 10.1. The second kappa shape index (κ2) is 4.91. The van der Waals surface area contributed by atoms with Gasteiger partial charge in [0.1, 0.15) is 5.69 Å². The second-order valence-corrected chi connectivity index (χ2v) is 2.84. The van der Waals surface area contributed by atoms with Gasteiger partial charge < -0.3 is 4.74 Å². The molecule has 0 unspecified atom stereocenters. The van der Waals surface area contributed by atoms with Crippen LogP contribution in [0.5, 0.6) is 0 Å². The summed E-state index contributed by atoms with van der Waals surface area (Å²) in [7, 11) is 1.01. The molecule has 0 atom stereocenters. The topological polar surface area (TPSA) is 39.2 Å². The highest BCUT2D eigenvalue weighted by Gasteiger charge is 2.23. The summed E-state index contributed by atoms with van der Waals surface area (Å²) in [5.74, 6) is -3.84. The largest absolute Gasteiger partial charge is 0.469 e. The molecule has 1 heterocycles. The van der Waals surface area contributed by atoms with Gasteiger partial charge in [0.25, 0.3) is 6.43 Å². The molecule has 1 rings (SSSR count). The summed E-state index contributed by atoms with van der Waals surface area (Å²) in [6.45, 7) is 0. The molecule has 0 aromatic carbocycles. The van der Waals surface area contributed by atoms with Crippen molar-refractivity contribution in [1.82, 2.24) is 4.98 Å². The van der Waals surface area contributed by atoms with Gasteiger partial charge in [0, 0.05) is 5.56 Å². The molecule has 3 nitrogen and oxygen atoms in total. The van der Waals surface area contributed by atoms with Crippen LogP contribution >= 0.6 is 0 Å². The Morgan fingerprint density at radius 2 is 2.12 bits per heavy atom. The SMILES string of the molecule is COC(=O)Cc1c(C(F)F)ncc(F)c1F. The van der Waals surface area contributed by atoms with Gasteiger partial charge >= 0.3 is 5.97 Å². The number of methoxy groups -OCH3 is 1. The fourth-order valence-corrected chi connectivity index (χ4v) is 1.09. The molecule has 0 radical (unpaired) electrons. The molecule has 0 spiro atoms. The quantitative estimate of drug-likeness (QED) is 0.596. The van der Waals surface area contributed by atoms with Gasteiger partial charge in [-0.15, -0.1) is 0 Å². The second-order valence-electron chi connectivity index (χ2n) is 2.84. The van der Waals surface area contributed by atoms with E-state index in [0.29, 0.717) is 6.20 Å². The van der Waals surface area contributed by atoms with Gasteiger partial charge in [0.05, 0.1) is 19.7 Å². The number of hydrogen-bond donors (Lipinski definition) is 0. The smallest absolute Gasteiger partial charge is 0.310 e. The number of aromatic nitrogens is 1. The summed E-state index contributed by atoms with van der Waals surface area (Å²) in [6, 6.07) is 0. The van der Waals surface area contributed by atoms with Gasteiger partial charge in [-0.2, -0.15) is 0 Å². The third-order valence-corrected chi connectivity index (χ3v) is 1.86. The Bertz CT molecular complexity index is 409. The third-order valence-electron chi connectivity index (χ3n) is 1.86. The minimum Gasteiger partial charge on any atom is -0.469 e. The van der Waals surface area contributed by atoms with E-state index in [1.54, 1.807) is 0 Å². The minimum absolute atomic E-state index is 0.345. The molecule has 0 saturated carbocycles. The number of esters is 1. The predicted octanol–water partition coefficient (Wildman–Crippen LogP) is 2.01. The normalized spacial score (nSPS) is 10.6. The van der Waals surface area contributed by atoms with Crippen molar-refractivity contribution < 1.29 is 27.1 Å². The fourth-order valence-electron chi connectivity index (χ4n) is 1.09. The van der Waals surface area contributed by atoms with Crippen LogP contribution in [0.2, 0.25) is 0 Å². The summed E-state index contributed by atoms with van der Waals surface area (Å²) in [5, 5.41) is 0. The van der Waals surface area contributed by atoms with Crippen LogP contribution in [0.1, 0.15) is 17.7 Å². The average molecular weight is 237 g/mol. The van der Waals surface area contributed by atoms with Crippen molar-refractivity contribution in [1.29, 1.82) is 0 Å². The first-order valence-corrected chi connectivity index (χ1v) is 4.15. The zero-order chi connectivity index (χ0) is 12.3. The molecule has 7 heteroatoms. The van der Waals surface area contributed by atoms with Crippen LogP contribution < -0.4 is 0 Å². The maximum atomic E-state index is 13.2. The Morgan fingerprint density at radius 1 is 1.50 bits per heavy atom. The highest BCUT2D eigenvalue weighted by atomic mass is 19.3. The molecule has 16 heavy (non-hydrogen) atoms. The molecule has 1 aromatic rings. The number of rotatable bonds is 3. The summed E-state index contributed by atoms with van der Waals surface area (Å²) < 4.78 is 54.9. The van der Waals surface area contributed by atoms with Gasteiger partial charge in [-0.3, -0.25) is 9.78 Å². The number of ether oxygens (including phenoxy) is 1. The maximum absolute atomic E-state index is 13.2. The van der Waals surface area contributed by atoms with Gasteiger partial charge in [-0.05, 0) is 0 Å². The average Bonchev–Trinajstić information content (AvgIpc) is 2.24.